The van der Waals surface area contributed by atoms with Crippen LogP contribution in [0, 0.1) is 5.92 Å². The number of rotatable bonds is 4. The smallest absolute Gasteiger partial charge is 0.0703 e. The van der Waals surface area contributed by atoms with E-state index in [1.807, 2.05) is 18.3 Å². The van der Waals surface area contributed by atoms with Gasteiger partial charge in [-0.15, -0.1) is 0 Å². The second kappa shape index (κ2) is 4.36. The van der Waals surface area contributed by atoms with Crippen LogP contribution in [0.2, 0.25) is 0 Å². The Bertz CT molecular complexity index is 517. The first-order valence-corrected chi connectivity index (χ1v) is 6.42. The third kappa shape index (κ3) is 2.57. The molecule has 0 saturated heterocycles. The molecule has 1 aromatic heterocycles. The summed E-state index contributed by atoms with van der Waals surface area (Å²) in [6.07, 6.45) is 6.06. The molecule has 3 rings (SSSR count). The zero-order valence-corrected chi connectivity index (χ0v) is 10.2. The number of nitrogens with zero attached hydrogens (tertiary/aromatic N) is 1. The van der Waals surface area contributed by atoms with Gasteiger partial charge in [-0.1, -0.05) is 31.0 Å². The highest BCUT2D eigenvalue weighted by atomic mass is 14.9. The van der Waals surface area contributed by atoms with Crippen LogP contribution < -0.4 is 5.32 Å². The van der Waals surface area contributed by atoms with E-state index in [-0.39, 0.29) is 0 Å². The monoisotopic (exact) mass is 226 g/mol. The molecular weight excluding hydrogens is 208 g/mol. The van der Waals surface area contributed by atoms with Crippen molar-refractivity contribution < 1.29 is 0 Å². The summed E-state index contributed by atoms with van der Waals surface area (Å²) < 4.78 is 0. The van der Waals surface area contributed by atoms with E-state index >= 15 is 0 Å². The van der Waals surface area contributed by atoms with Gasteiger partial charge in [0.15, 0.2) is 0 Å². The quantitative estimate of drug-likeness (QED) is 0.856. The van der Waals surface area contributed by atoms with Crippen LogP contribution in [0.4, 0.5) is 5.69 Å². The van der Waals surface area contributed by atoms with Gasteiger partial charge in [-0.05, 0) is 31.4 Å². The van der Waals surface area contributed by atoms with E-state index in [9.17, 15) is 0 Å². The van der Waals surface area contributed by atoms with Crippen LogP contribution in [-0.2, 0) is 0 Å². The van der Waals surface area contributed by atoms with Gasteiger partial charge in [0, 0.05) is 11.4 Å². The van der Waals surface area contributed by atoms with Gasteiger partial charge in [-0.3, -0.25) is 4.98 Å². The van der Waals surface area contributed by atoms with Crippen molar-refractivity contribution in [1.82, 2.24) is 4.98 Å². The van der Waals surface area contributed by atoms with Crippen molar-refractivity contribution in [3.05, 3.63) is 36.5 Å². The molecule has 88 valence electrons. The van der Waals surface area contributed by atoms with Crippen molar-refractivity contribution in [2.75, 3.05) is 5.32 Å². The molecule has 2 aromatic rings. The molecule has 1 unspecified atom stereocenters. The molecule has 0 bridgehead atoms. The number of anilines is 1. The Kier molecular flexibility index (Phi) is 2.71. The maximum absolute atomic E-state index is 4.47. The van der Waals surface area contributed by atoms with Gasteiger partial charge in [-0.25, -0.2) is 0 Å². The lowest BCUT2D eigenvalue weighted by atomic mass is 10.1. The average molecular weight is 226 g/mol. The Labute approximate surface area is 102 Å². The number of aromatic nitrogens is 1. The molecule has 0 radical (unpaired) electrons. The van der Waals surface area contributed by atoms with Crippen molar-refractivity contribution in [2.45, 2.75) is 32.2 Å². The van der Waals surface area contributed by atoms with Crippen molar-refractivity contribution >= 4 is 16.6 Å². The summed E-state index contributed by atoms with van der Waals surface area (Å²) in [5.41, 5.74) is 2.20. The molecule has 1 aromatic carbocycles. The minimum absolute atomic E-state index is 0.547. The first-order chi connectivity index (χ1) is 8.31. The minimum atomic E-state index is 0.547. The van der Waals surface area contributed by atoms with Gasteiger partial charge in [0.25, 0.3) is 0 Å². The molecule has 1 N–H and O–H groups in total. The van der Waals surface area contributed by atoms with E-state index in [2.05, 4.69) is 35.4 Å². The summed E-state index contributed by atoms with van der Waals surface area (Å²) in [6, 6.07) is 11.0. The van der Waals surface area contributed by atoms with Gasteiger partial charge < -0.3 is 5.32 Å². The summed E-state index contributed by atoms with van der Waals surface area (Å²) in [7, 11) is 0. The highest BCUT2D eigenvalue weighted by Crippen LogP contribution is 2.34. The number of nitrogens with one attached hydrogen (secondary N) is 1. The predicted octanol–water partition coefficient (Wildman–Crippen LogP) is 3.84. The van der Waals surface area contributed by atoms with Crippen molar-refractivity contribution in [3.63, 3.8) is 0 Å². The normalized spacial score (nSPS) is 17.0. The number of pyridine rings is 1. The molecule has 17 heavy (non-hydrogen) atoms. The fourth-order valence-corrected chi connectivity index (χ4v) is 2.35. The van der Waals surface area contributed by atoms with Crippen LogP contribution >= 0.6 is 0 Å². The largest absolute Gasteiger partial charge is 0.381 e. The summed E-state index contributed by atoms with van der Waals surface area (Å²) in [4.78, 5) is 4.47. The Balaban J connectivity index is 1.75. The number of para-hydroxylation sites is 1. The van der Waals surface area contributed by atoms with Crippen LogP contribution in [-0.4, -0.2) is 11.0 Å². The molecule has 1 saturated carbocycles. The first-order valence-electron chi connectivity index (χ1n) is 6.42. The molecule has 1 aliphatic carbocycles. The maximum Gasteiger partial charge on any atom is 0.0703 e. The third-order valence-electron chi connectivity index (χ3n) is 3.39. The molecule has 1 fully saturated rings. The van der Waals surface area contributed by atoms with Crippen molar-refractivity contribution in [3.8, 4) is 0 Å². The lowest BCUT2D eigenvalue weighted by molar-refractivity contribution is 0.642. The van der Waals surface area contributed by atoms with Gasteiger partial charge in [0.1, 0.15) is 0 Å². The Morgan fingerprint density at radius 3 is 3.00 bits per heavy atom. The highest BCUT2D eigenvalue weighted by molar-refractivity contribution is 5.81. The molecular formula is C15H18N2. The van der Waals surface area contributed by atoms with Crippen molar-refractivity contribution in [1.29, 1.82) is 0 Å². The van der Waals surface area contributed by atoms with Crippen LogP contribution in [0.15, 0.2) is 36.5 Å². The fourth-order valence-electron chi connectivity index (χ4n) is 2.35. The maximum atomic E-state index is 4.47. The molecule has 2 heteroatoms. The number of hydrogen-bond donors (Lipinski definition) is 1. The molecule has 1 aliphatic rings. The molecule has 0 aliphatic heterocycles. The second-order valence-corrected chi connectivity index (χ2v) is 5.14. The first kappa shape index (κ1) is 10.6. The summed E-state index contributed by atoms with van der Waals surface area (Å²) in [6.45, 7) is 2.26. The predicted molar refractivity (Wildman–Crippen MR) is 72.2 cm³/mol. The van der Waals surface area contributed by atoms with Gasteiger partial charge >= 0.3 is 0 Å². The van der Waals surface area contributed by atoms with E-state index in [1.165, 1.54) is 24.6 Å². The minimum Gasteiger partial charge on any atom is -0.381 e. The number of fused-ring (bicyclic) bond motifs is 1. The summed E-state index contributed by atoms with van der Waals surface area (Å²) in [5, 5.41) is 4.75. The van der Waals surface area contributed by atoms with Crippen LogP contribution in [0.1, 0.15) is 26.2 Å². The third-order valence-corrected chi connectivity index (χ3v) is 3.39. The fraction of sp³-hybridized carbons (Fsp3) is 0.400. The zero-order chi connectivity index (χ0) is 11.7. The Morgan fingerprint density at radius 2 is 2.18 bits per heavy atom. The number of hydrogen-bond acceptors (Lipinski definition) is 2. The van der Waals surface area contributed by atoms with Crippen LogP contribution in [0.3, 0.4) is 0 Å². The van der Waals surface area contributed by atoms with E-state index in [0.717, 1.165) is 17.1 Å². The standard InChI is InChI=1S/C15H18N2/c1-11(8-12-6-7-12)17-14-9-13-4-2-3-5-15(13)16-10-14/h2-5,9-12,17H,6-8H2,1H3. The van der Waals surface area contributed by atoms with Crippen LogP contribution in [0.5, 0.6) is 0 Å². The topological polar surface area (TPSA) is 24.9 Å². The average Bonchev–Trinajstić information content (AvgIpc) is 3.12. The van der Waals surface area contributed by atoms with E-state index in [0.29, 0.717) is 6.04 Å². The zero-order valence-electron chi connectivity index (χ0n) is 10.2. The van der Waals surface area contributed by atoms with Gasteiger partial charge in [-0.2, -0.15) is 0 Å². The molecule has 0 spiro atoms. The highest BCUT2D eigenvalue weighted by Gasteiger charge is 2.23. The lowest BCUT2D eigenvalue weighted by Gasteiger charge is -2.14. The van der Waals surface area contributed by atoms with E-state index < -0.39 is 0 Å². The summed E-state index contributed by atoms with van der Waals surface area (Å²) >= 11 is 0. The van der Waals surface area contributed by atoms with Crippen molar-refractivity contribution in [2.24, 2.45) is 5.92 Å². The SMILES string of the molecule is CC(CC1CC1)Nc1cnc2ccccc2c1. The Morgan fingerprint density at radius 1 is 1.35 bits per heavy atom. The summed E-state index contributed by atoms with van der Waals surface area (Å²) in [5.74, 6) is 0.964. The second-order valence-electron chi connectivity index (χ2n) is 5.14. The lowest BCUT2D eigenvalue weighted by Crippen LogP contribution is -2.15. The van der Waals surface area contributed by atoms with E-state index in [1.54, 1.807) is 0 Å². The molecule has 2 nitrogen and oxygen atoms in total. The van der Waals surface area contributed by atoms with Gasteiger partial charge in [0.05, 0.1) is 17.4 Å². The Hall–Kier alpha value is -1.57. The number of benzene rings is 1. The van der Waals surface area contributed by atoms with Gasteiger partial charge in [0.2, 0.25) is 0 Å². The van der Waals surface area contributed by atoms with Crippen LogP contribution in [0.25, 0.3) is 10.9 Å². The van der Waals surface area contributed by atoms with E-state index in [4.69, 9.17) is 0 Å². The molecule has 0 amide bonds. The molecule has 1 heterocycles. The molecule has 1 atom stereocenters.